The minimum atomic E-state index is -0.208. The van der Waals surface area contributed by atoms with Crippen molar-refractivity contribution >= 4 is 17.5 Å². The number of nitrogens with one attached hydrogen (secondary N) is 1. The van der Waals surface area contributed by atoms with Crippen LogP contribution in [0.2, 0.25) is 0 Å². The molecule has 0 heterocycles. The maximum absolute atomic E-state index is 12.1. The molecule has 0 aliphatic heterocycles. The molecular formula is C16H24N2O5. The highest BCUT2D eigenvalue weighted by molar-refractivity contribution is 5.92. The van der Waals surface area contributed by atoms with Crippen LogP contribution < -0.4 is 14.8 Å². The molecule has 23 heavy (non-hydrogen) atoms. The summed E-state index contributed by atoms with van der Waals surface area (Å²) in [5.41, 5.74) is 0.531. The van der Waals surface area contributed by atoms with E-state index in [2.05, 4.69) is 5.32 Å². The Morgan fingerprint density at radius 3 is 2.43 bits per heavy atom. The molecule has 1 aromatic carbocycles. The van der Waals surface area contributed by atoms with Crippen molar-refractivity contribution in [1.29, 1.82) is 0 Å². The third kappa shape index (κ3) is 6.15. The monoisotopic (exact) mass is 324 g/mol. The number of ether oxygens (including phenoxy) is 3. The van der Waals surface area contributed by atoms with Gasteiger partial charge in [-0.25, -0.2) is 0 Å². The van der Waals surface area contributed by atoms with Gasteiger partial charge in [-0.05, 0) is 12.1 Å². The van der Waals surface area contributed by atoms with Crippen molar-refractivity contribution in [2.24, 2.45) is 0 Å². The van der Waals surface area contributed by atoms with E-state index in [1.54, 1.807) is 37.3 Å². The third-order valence-corrected chi connectivity index (χ3v) is 3.30. The fourth-order valence-electron chi connectivity index (χ4n) is 1.99. The maximum Gasteiger partial charge on any atom is 0.226 e. The van der Waals surface area contributed by atoms with E-state index in [9.17, 15) is 9.59 Å². The molecule has 2 amide bonds. The first-order valence-electron chi connectivity index (χ1n) is 7.28. The zero-order valence-corrected chi connectivity index (χ0v) is 14.0. The molecule has 0 spiro atoms. The van der Waals surface area contributed by atoms with Gasteiger partial charge in [0.15, 0.2) is 0 Å². The van der Waals surface area contributed by atoms with Gasteiger partial charge in [-0.15, -0.1) is 0 Å². The number of nitrogens with zero attached hydrogens (tertiary/aromatic N) is 1. The molecule has 0 atom stereocenters. The molecule has 0 unspecified atom stereocenters. The number of methoxy groups -OCH3 is 3. The van der Waals surface area contributed by atoms with Crippen LogP contribution >= 0.6 is 0 Å². The normalized spacial score (nSPS) is 10.1. The van der Waals surface area contributed by atoms with E-state index in [0.717, 1.165) is 0 Å². The number of hydrogen-bond donors (Lipinski definition) is 1. The zero-order chi connectivity index (χ0) is 17.2. The zero-order valence-electron chi connectivity index (χ0n) is 14.0. The summed E-state index contributed by atoms with van der Waals surface area (Å²) in [5.74, 6) is 0.863. The summed E-state index contributed by atoms with van der Waals surface area (Å²) in [4.78, 5) is 25.2. The molecule has 0 radical (unpaired) electrons. The number of anilines is 1. The summed E-state index contributed by atoms with van der Waals surface area (Å²) >= 11 is 0. The average Bonchev–Trinajstić information content (AvgIpc) is 2.54. The lowest BCUT2D eigenvalue weighted by atomic mass is 10.2. The second kappa shape index (κ2) is 9.68. The van der Waals surface area contributed by atoms with Crippen LogP contribution in [-0.4, -0.2) is 57.7 Å². The van der Waals surface area contributed by atoms with Gasteiger partial charge in [-0.1, -0.05) is 0 Å². The van der Waals surface area contributed by atoms with Gasteiger partial charge in [-0.2, -0.15) is 0 Å². The first-order valence-corrected chi connectivity index (χ1v) is 7.28. The lowest BCUT2D eigenvalue weighted by Crippen LogP contribution is -2.34. The van der Waals surface area contributed by atoms with Gasteiger partial charge in [0.1, 0.15) is 11.5 Å². The van der Waals surface area contributed by atoms with Crippen LogP contribution in [0.3, 0.4) is 0 Å². The van der Waals surface area contributed by atoms with E-state index in [1.807, 2.05) is 0 Å². The fourth-order valence-corrected chi connectivity index (χ4v) is 1.99. The quantitative estimate of drug-likeness (QED) is 0.745. The summed E-state index contributed by atoms with van der Waals surface area (Å²) in [6.45, 7) is 2.70. The van der Waals surface area contributed by atoms with Crippen molar-refractivity contribution in [3.63, 3.8) is 0 Å². The van der Waals surface area contributed by atoms with Crippen LogP contribution in [0, 0.1) is 0 Å². The first-order chi connectivity index (χ1) is 11.0. The summed E-state index contributed by atoms with van der Waals surface area (Å²) in [6.07, 6.45) is 0.184. The van der Waals surface area contributed by atoms with Crippen LogP contribution in [0.1, 0.15) is 13.3 Å². The van der Waals surface area contributed by atoms with Gasteiger partial charge in [0.2, 0.25) is 11.8 Å². The largest absolute Gasteiger partial charge is 0.497 e. The van der Waals surface area contributed by atoms with Gasteiger partial charge in [0.25, 0.3) is 0 Å². The van der Waals surface area contributed by atoms with Crippen molar-refractivity contribution in [2.75, 3.05) is 46.3 Å². The van der Waals surface area contributed by atoms with Gasteiger partial charge in [-0.3, -0.25) is 9.59 Å². The number of rotatable bonds is 9. The molecule has 0 aliphatic carbocycles. The summed E-state index contributed by atoms with van der Waals surface area (Å²) in [7, 11) is 4.65. The minimum Gasteiger partial charge on any atom is -0.497 e. The Bertz CT molecular complexity index is 533. The average molecular weight is 324 g/mol. The van der Waals surface area contributed by atoms with E-state index in [-0.39, 0.29) is 18.2 Å². The van der Waals surface area contributed by atoms with Crippen molar-refractivity contribution in [3.05, 3.63) is 18.2 Å². The highest BCUT2D eigenvalue weighted by Crippen LogP contribution is 2.28. The van der Waals surface area contributed by atoms with E-state index in [1.165, 1.54) is 14.0 Å². The van der Waals surface area contributed by atoms with Crippen LogP contribution in [0.15, 0.2) is 18.2 Å². The van der Waals surface area contributed by atoms with Gasteiger partial charge >= 0.3 is 0 Å². The van der Waals surface area contributed by atoms with E-state index < -0.39 is 0 Å². The van der Waals surface area contributed by atoms with Gasteiger partial charge < -0.3 is 24.4 Å². The maximum atomic E-state index is 12.1. The molecule has 7 nitrogen and oxygen atoms in total. The van der Waals surface area contributed by atoms with Crippen molar-refractivity contribution in [3.8, 4) is 11.5 Å². The number of carbonyl (C=O) groups excluding carboxylic acids is 2. The van der Waals surface area contributed by atoms with Crippen molar-refractivity contribution < 1.29 is 23.8 Å². The molecule has 0 aromatic heterocycles. The molecule has 1 aromatic rings. The van der Waals surface area contributed by atoms with Crippen LogP contribution in [0.4, 0.5) is 5.69 Å². The highest BCUT2D eigenvalue weighted by atomic mass is 16.5. The Balaban J connectivity index is 2.63. The summed E-state index contributed by atoms with van der Waals surface area (Å²) in [5, 5.41) is 2.77. The van der Waals surface area contributed by atoms with Gasteiger partial charge in [0.05, 0.1) is 26.5 Å². The molecule has 0 saturated carbocycles. The lowest BCUT2D eigenvalue weighted by molar-refractivity contribution is -0.130. The molecule has 128 valence electrons. The third-order valence-electron chi connectivity index (χ3n) is 3.30. The van der Waals surface area contributed by atoms with Crippen molar-refractivity contribution in [2.45, 2.75) is 13.3 Å². The topological polar surface area (TPSA) is 77.1 Å². The van der Waals surface area contributed by atoms with E-state index in [0.29, 0.717) is 36.9 Å². The Kier molecular flexibility index (Phi) is 7.90. The van der Waals surface area contributed by atoms with E-state index >= 15 is 0 Å². The number of amides is 2. The molecule has 1 rings (SSSR count). The SMILES string of the molecule is COCCN(CCC(=O)Nc1cc(OC)ccc1OC)C(C)=O. The van der Waals surface area contributed by atoms with Crippen LogP contribution in [0.5, 0.6) is 11.5 Å². The summed E-state index contributed by atoms with van der Waals surface area (Å²) < 4.78 is 15.3. The standard InChI is InChI=1S/C16H24N2O5/c1-12(19)18(9-10-21-2)8-7-16(20)17-14-11-13(22-3)5-6-15(14)23-4/h5-6,11H,7-10H2,1-4H3,(H,17,20). The smallest absolute Gasteiger partial charge is 0.226 e. The molecule has 0 fully saturated rings. The lowest BCUT2D eigenvalue weighted by Gasteiger charge is -2.20. The summed E-state index contributed by atoms with van der Waals surface area (Å²) in [6, 6.07) is 5.15. The molecule has 7 heteroatoms. The van der Waals surface area contributed by atoms with E-state index in [4.69, 9.17) is 14.2 Å². The predicted octanol–water partition coefficient (Wildman–Crippen LogP) is 1.53. The Morgan fingerprint density at radius 1 is 1.13 bits per heavy atom. The van der Waals surface area contributed by atoms with Crippen molar-refractivity contribution in [1.82, 2.24) is 4.90 Å². The number of hydrogen-bond acceptors (Lipinski definition) is 5. The number of carbonyl (C=O) groups is 2. The van der Waals surface area contributed by atoms with Gasteiger partial charge in [0, 0.05) is 39.6 Å². The number of benzene rings is 1. The second-order valence-electron chi connectivity index (χ2n) is 4.86. The molecule has 0 bridgehead atoms. The second-order valence-corrected chi connectivity index (χ2v) is 4.86. The fraction of sp³-hybridized carbons (Fsp3) is 0.500. The molecule has 0 aliphatic rings. The predicted molar refractivity (Wildman–Crippen MR) is 86.9 cm³/mol. The van der Waals surface area contributed by atoms with Crippen LogP contribution in [-0.2, 0) is 14.3 Å². The first kappa shape index (κ1) is 18.8. The minimum absolute atomic E-state index is 0.0891. The Morgan fingerprint density at radius 2 is 1.87 bits per heavy atom. The molecule has 0 saturated heterocycles. The highest BCUT2D eigenvalue weighted by Gasteiger charge is 2.13. The Labute approximate surface area is 136 Å². The van der Waals surface area contributed by atoms with Crippen LogP contribution in [0.25, 0.3) is 0 Å². The molecular weight excluding hydrogens is 300 g/mol. The Hall–Kier alpha value is -2.28. The molecule has 1 N–H and O–H groups in total.